The Labute approximate surface area is 77.7 Å². The zero-order valence-corrected chi connectivity index (χ0v) is 6.99. The number of rotatable bonds is 3. The molecule has 0 aliphatic carbocycles. The quantitative estimate of drug-likeness (QED) is 0.345. The Hall–Kier alpha value is -1.69. The van der Waals surface area contributed by atoms with Crippen molar-refractivity contribution in [1.29, 1.82) is 0 Å². The molecule has 0 atom stereocenters. The summed E-state index contributed by atoms with van der Waals surface area (Å²) in [7, 11) is 0. The normalized spacial score (nSPS) is 9.31. The monoisotopic (exact) mass is 201 g/mol. The van der Waals surface area contributed by atoms with E-state index in [2.05, 4.69) is 10.3 Å². The standard InChI is InChI=1S/C6H4ClN3O3/c7-6-5(10(12)13)1-4(2-8-6)9-3-11/h1-3H,(H,9,11). The van der Waals surface area contributed by atoms with Crippen LogP contribution in [-0.4, -0.2) is 16.3 Å². The molecule has 0 aliphatic rings. The van der Waals surface area contributed by atoms with Crippen molar-refractivity contribution in [3.8, 4) is 0 Å². The second-order valence-corrected chi connectivity index (χ2v) is 2.41. The van der Waals surface area contributed by atoms with Crippen LogP contribution < -0.4 is 5.32 Å². The average molecular weight is 202 g/mol. The first-order valence-corrected chi connectivity index (χ1v) is 3.53. The number of hydrogen-bond donors (Lipinski definition) is 1. The molecule has 1 aromatic heterocycles. The van der Waals surface area contributed by atoms with E-state index in [1.165, 1.54) is 6.20 Å². The van der Waals surface area contributed by atoms with Crippen LogP contribution >= 0.6 is 11.6 Å². The number of aromatic nitrogens is 1. The second-order valence-electron chi connectivity index (χ2n) is 2.05. The molecule has 68 valence electrons. The first-order chi connectivity index (χ1) is 6.15. The highest BCUT2D eigenvalue weighted by Crippen LogP contribution is 2.24. The van der Waals surface area contributed by atoms with E-state index < -0.39 is 4.92 Å². The molecule has 0 spiro atoms. The zero-order valence-electron chi connectivity index (χ0n) is 6.23. The highest BCUT2D eigenvalue weighted by Gasteiger charge is 2.13. The number of halogens is 1. The third-order valence-corrected chi connectivity index (χ3v) is 1.53. The van der Waals surface area contributed by atoms with Crippen LogP contribution in [-0.2, 0) is 4.79 Å². The molecule has 1 aromatic rings. The van der Waals surface area contributed by atoms with Crippen LogP contribution in [0.2, 0.25) is 5.15 Å². The van der Waals surface area contributed by atoms with Gasteiger partial charge >= 0.3 is 5.69 Å². The minimum atomic E-state index is -0.675. The van der Waals surface area contributed by atoms with E-state index in [1.807, 2.05) is 0 Å². The fourth-order valence-corrected chi connectivity index (χ4v) is 0.884. The van der Waals surface area contributed by atoms with Crippen molar-refractivity contribution < 1.29 is 9.72 Å². The minimum Gasteiger partial charge on any atom is -0.327 e. The van der Waals surface area contributed by atoms with Gasteiger partial charge in [-0.1, -0.05) is 11.6 Å². The van der Waals surface area contributed by atoms with Crippen LogP contribution in [0.3, 0.4) is 0 Å². The van der Waals surface area contributed by atoms with Crippen molar-refractivity contribution in [2.24, 2.45) is 0 Å². The Morgan fingerprint density at radius 3 is 2.92 bits per heavy atom. The summed E-state index contributed by atoms with van der Waals surface area (Å²) in [5.41, 5.74) is -0.111. The molecular formula is C6H4ClN3O3. The van der Waals surface area contributed by atoms with Crippen LogP contribution in [0.4, 0.5) is 11.4 Å². The summed E-state index contributed by atoms with van der Waals surface area (Å²) in [4.78, 5) is 23.2. The average Bonchev–Trinajstić information content (AvgIpc) is 2.08. The van der Waals surface area contributed by atoms with Gasteiger partial charge in [0, 0.05) is 6.07 Å². The van der Waals surface area contributed by atoms with Gasteiger partial charge < -0.3 is 5.32 Å². The maximum absolute atomic E-state index is 10.3. The van der Waals surface area contributed by atoms with E-state index in [-0.39, 0.29) is 16.5 Å². The Balaban J connectivity index is 3.10. The molecule has 1 rings (SSSR count). The van der Waals surface area contributed by atoms with Crippen molar-refractivity contribution in [3.05, 3.63) is 27.5 Å². The van der Waals surface area contributed by atoms with Crippen LogP contribution in [0.5, 0.6) is 0 Å². The zero-order chi connectivity index (χ0) is 9.84. The van der Waals surface area contributed by atoms with Gasteiger partial charge in [-0.15, -0.1) is 0 Å². The lowest BCUT2D eigenvalue weighted by Crippen LogP contribution is -1.97. The van der Waals surface area contributed by atoms with Crippen molar-refractivity contribution in [2.75, 3.05) is 5.32 Å². The first kappa shape index (κ1) is 9.40. The molecule has 0 unspecified atom stereocenters. The summed E-state index contributed by atoms with van der Waals surface area (Å²) in [6, 6.07) is 1.13. The molecule has 6 nitrogen and oxygen atoms in total. The Morgan fingerprint density at radius 1 is 1.69 bits per heavy atom. The van der Waals surface area contributed by atoms with E-state index in [9.17, 15) is 14.9 Å². The number of nitrogens with zero attached hydrogens (tertiary/aromatic N) is 2. The summed E-state index contributed by atoms with van der Waals surface area (Å²) in [5, 5.41) is 12.4. The molecule has 7 heteroatoms. The number of carbonyl (C=O) groups excluding carboxylic acids is 1. The molecule has 0 aromatic carbocycles. The Bertz CT molecular complexity index is 355. The molecular weight excluding hydrogens is 198 g/mol. The Kier molecular flexibility index (Phi) is 2.76. The van der Waals surface area contributed by atoms with E-state index >= 15 is 0 Å². The lowest BCUT2D eigenvalue weighted by atomic mass is 10.4. The summed E-state index contributed by atoms with van der Waals surface area (Å²) in [6.45, 7) is 0. The lowest BCUT2D eigenvalue weighted by Gasteiger charge is -1.98. The molecule has 0 radical (unpaired) electrons. The van der Waals surface area contributed by atoms with Gasteiger partial charge in [-0.3, -0.25) is 14.9 Å². The summed E-state index contributed by atoms with van der Waals surface area (Å²) in [5.74, 6) is 0. The number of nitrogens with one attached hydrogen (secondary N) is 1. The van der Waals surface area contributed by atoms with Gasteiger partial charge in [-0.25, -0.2) is 4.98 Å². The van der Waals surface area contributed by atoms with E-state index in [0.29, 0.717) is 6.41 Å². The number of hydrogen-bond acceptors (Lipinski definition) is 4. The molecule has 0 bridgehead atoms. The van der Waals surface area contributed by atoms with E-state index in [0.717, 1.165) is 6.07 Å². The summed E-state index contributed by atoms with van der Waals surface area (Å²) >= 11 is 5.42. The highest BCUT2D eigenvalue weighted by molar-refractivity contribution is 6.31. The molecule has 13 heavy (non-hydrogen) atoms. The number of amides is 1. The molecule has 0 saturated carbocycles. The summed E-state index contributed by atoms with van der Waals surface area (Å²) in [6.07, 6.45) is 1.62. The number of pyridine rings is 1. The van der Waals surface area contributed by atoms with Crippen LogP contribution in [0.15, 0.2) is 12.3 Å². The van der Waals surface area contributed by atoms with Gasteiger partial charge in [0.1, 0.15) is 0 Å². The predicted molar refractivity (Wildman–Crippen MR) is 45.6 cm³/mol. The minimum absolute atomic E-state index is 0.207. The third kappa shape index (κ3) is 2.12. The fourth-order valence-electron chi connectivity index (χ4n) is 0.711. The Morgan fingerprint density at radius 2 is 2.38 bits per heavy atom. The predicted octanol–water partition coefficient (Wildman–Crippen LogP) is 1.21. The SMILES string of the molecule is O=CNc1cnc(Cl)c([N+](=O)[O-])c1. The van der Waals surface area contributed by atoms with Gasteiger partial charge in [0.2, 0.25) is 11.6 Å². The topological polar surface area (TPSA) is 85.1 Å². The molecule has 0 fully saturated rings. The van der Waals surface area contributed by atoms with Crippen LogP contribution in [0.25, 0.3) is 0 Å². The van der Waals surface area contributed by atoms with Gasteiger partial charge in [0.25, 0.3) is 0 Å². The van der Waals surface area contributed by atoms with E-state index in [4.69, 9.17) is 11.6 Å². The van der Waals surface area contributed by atoms with Crippen molar-refractivity contribution in [3.63, 3.8) is 0 Å². The third-order valence-electron chi connectivity index (χ3n) is 1.24. The number of nitro groups is 1. The largest absolute Gasteiger partial charge is 0.327 e. The van der Waals surface area contributed by atoms with Crippen molar-refractivity contribution in [1.82, 2.24) is 4.98 Å². The molecule has 0 saturated heterocycles. The smallest absolute Gasteiger partial charge is 0.308 e. The summed E-state index contributed by atoms with van der Waals surface area (Å²) < 4.78 is 0. The van der Waals surface area contributed by atoms with Gasteiger partial charge in [-0.2, -0.15) is 0 Å². The maximum atomic E-state index is 10.3. The lowest BCUT2D eigenvalue weighted by molar-refractivity contribution is -0.385. The highest BCUT2D eigenvalue weighted by atomic mass is 35.5. The number of anilines is 1. The molecule has 1 heterocycles. The van der Waals surface area contributed by atoms with Crippen molar-refractivity contribution >= 4 is 29.4 Å². The van der Waals surface area contributed by atoms with Crippen molar-refractivity contribution in [2.45, 2.75) is 0 Å². The molecule has 1 amide bonds. The molecule has 1 N–H and O–H groups in total. The van der Waals surface area contributed by atoms with E-state index in [1.54, 1.807) is 0 Å². The fraction of sp³-hybridized carbons (Fsp3) is 0. The van der Waals surface area contributed by atoms with Crippen LogP contribution in [0.1, 0.15) is 0 Å². The van der Waals surface area contributed by atoms with Gasteiger partial charge in [0.15, 0.2) is 0 Å². The van der Waals surface area contributed by atoms with Gasteiger partial charge in [-0.05, 0) is 0 Å². The maximum Gasteiger partial charge on any atom is 0.308 e. The number of carbonyl (C=O) groups is 1. The second kappa shape index (κ2) is 3.81. The van der Waals surface area contributed by atoms with Gasteiger partial charge in [0.05, 0.1) is 16.8 Å². The van der Waals surface area contributed by atoms with Crippen LogP contribution in [0, 0.1) is 10.1 Å². The first-order valence-electron chi connectivity index (χ1n) is 3.15. The molecule has 0 aliphatic heterocycles.